The molecule has 1 atom stereocenters. The van der Waals surface area contributed by atoms with Crippen LogP contribution in [0.25, 0.3) is 0 Å². The minimum absolute atomic E-state index is 0.219. The standard InChI is InChI=1S/C22H28N4O4/c1-15-14-16(29-20-23-11-7-12-24-20)9-10-17(15)25-19(27)18-8-5-6-13-26(18)21(28)30-22(2,3)4/h7,9-12,14,18H,5-6,8,13H2,1-4H3,(H,25,27). The Hall–Kier alpha value is -3.16. The van der Waals surface area contributed by atoms with E-state index in [0.717, 1.165) is 18.4 Å². The molecule has 1 unspecified atom stereocenters. The van der Waals surface area contributed by atoms with Gasteiger partial charge in [0.1, 0.15) is 17.4 Å². The van der Waals surface area contributed by atoms with Gasteiger partial charge in [0.2, 0.25) is 5.91 Å². The summed E-state index contributed by atoms with van der Waals surface area (Å²) in [4.78, 5) is 35.1. The number of rotatable bonds is 4. The van der Waals surface area contributed by atoms with Gasteiger partial charge in [0.05, 0.1) is 0 Å². The number of benzene rings is 1. The van der Waals surface area contributed by atoms with Crippen molar-refractivity contribution in [1.29, 1.82) is 0 Å². The van der Waals surface area contributed by atoms with Gasteiger partial charge in [0.15, 0.2) is 0 Å². The molecular formula is C22H28N4O4. The number of hydrogen-bond acceptors (Lipinski definition) is 6. The van der Waals surface area contributed by atoms with E-state index in [1.54, 1.807) is 36.7 Å². The van der Waals surface area contributed by atoms with Gasteiger partial charge in [-0.25, -0.2) is 14.8 Å². The number of carbonyl (C=O) groups is 2. The van der Waals surface area contributed by atoms with Gasteiger partial charge in [-0.2, -0.15) is 0 Å². The molecule has 0 aliphatic carbocycles. The summed E-state index contributed by atoms with van der Waals surface area (Å²) in [5.41, 5.74) is 0.886. The van der Waals surface area contributed by atoms with Crippen molar-refractivity contribution in [3.63, 3.8) is 0 Å². The lowest BCUT2D eigenvalue weighted by Gasteiger charge is -2.35. The number of nitrogens with one attached hydrogen (secondary N) is 1. The van der Waals surface area contributed by atoms with Crippen LogP contribution in [0, 0.1) is 6.92 Å². The van der Waals surface area contributed by atoms with Crippen molar-refractivity contribution in [2.24, 2.45) is 0 Å². The van der Waals surface area contributed by atoms with Crippen LogP contribution in [0.3, 0.4) is 0 Å². The molecule has 160 valence electrons. The van der Waals surface area contributed by atoms with Crippen LogP contribution in [0.15, 0.2) is 36.7 Å². The molecule has 8 nitrogen and oxygen atoms in total. The summed E-state index contributed by atoms with van der Waals surface area (Å²) < 4.78 is 11.1. The van der Waals surface area contributed by atoms with E-state index >= 15 is 0 Å². The third-order valence-corrected chi connectivity index (χ3v) is 4.64. The molecule has 1 fully saturated rings. The first-order chi connectivity index (χ1) is 14.2. The van der Waals surface area contributed by atoms with Crippen LogP contribution in [-0.2, 0) is 9.53 Å². The fourth-order valence-electron chi connectivity index (χ4n) is 3.24. The number of carbonyl (C=O) groups excluding carboxylic acids is 2. The van der Waals surface area contributed by atoms with Crippen LogP contribution in [-0.4, -0.2) is 45.1 Å². The number of ether oxygens (including phenoxy) is 2. The van der Waals surface area contributed by atoms with Crippen molar-refractivity contribution in [3.05, 3.63) is 42.2 Å². The van der Waals surface area contributed by atoms with E-state index in [1.807, 2.05) is 27.7 Å². The van der Waals surface area contributed by atoms with Crippen molar-refractivity contribution in [1.82, 2.24) is 14.9 Å². The van der Waals surface area contributed by atoms with Crippen molar-refractivity contribution < 1.29 is 19.1 Å². The Morgan fingerprint density at radius 1 is 1.17 bits per heavy atom. The van der Waals surface area contributed by atoms with E-state index in [1.165, 1.54) is 4.90 Å². The molecule has 2 amide bonds. The average molecular weight is 412 g/mol. The number of nitrogens with zero attached hydrogens (tertiary/aromatic N) is 3. The maximum atomic E-state index is 13.0. The SMILES string of the molecule is Cc1cc(Oc2ncccn2)ccc1NC(=O)C1CCCCN1C(=O)OC(C)(C)C. The predicted octanol–water partition coefficient (Wildman–Crippen LogP) is 4.31. The molecule has 0 saturated carbocycles. The first-order valence-corrected chi connectivity index (χ1v) is 10.1. The number of piperidine rings is 1. The number of anilines is 1. The second kappa shape index (κ2) is 9.11. The normalized spacial score (nSPS) is 16.7. The van der Waals surface area contributed by atoms with Crippen LogP contribution in [0.4, 0.5) is 10.5 Å². The lowest BCUT2D eigenvalue weighted by atomic mass is 10.0. The molecule has 1 N–H and O–H groups in total. The first-order valence-electron chi connectivity index (χ1n) is 10.1. The Bertz CT molecular complexity index is 896. The third kappa shape index (κ3) is 5.68. The quantitative estimate of drug-likeness (QED) is 0.804. The summed E-state index contributed by atoms with van der Waals surface area (Å²) >= 11 is 0. The van der Waals surface area contributed by atoms with Gasteiger partial charge in [-0.3, -0.25) is 9.69 Å². The van der Waals surface area contributed by atoms with Gasteiger partial charge in [0, 0.05) is 24.6 Å². The molecule has 0 bridgehead atoms. The number of aromatic nitrogens is 2. The lowest BCUT2D eigenvalue weighted by Crippen LogP contribution is -2.51. The lowest BCUT2D eigenvalue weighted by molar-refractivity contribution is -0.122. The van der Waals surface area contributed by atoms with Gasteiger partial charge in [-0.05, 0) is 76.8 Å². The van der Waals surface area contributed by atoms with Crippen LogP contribution in [0.5, 0.6) is 11.8 Å². The Labute approximate surface area is 176 Å². The number of aryl methyl sites for hydroxylation is 1. The summed E-state index contributed by atoms with van der Waals surface area (Å²) in [5, 5.41) is 2.94. The van der Waals surface area contributed by atoms with Gasteiger partial charge < -0.3 is 14.8 Å². The summed E-state index contributed by atoms with van der Waals surface area (Å²) in [6, 6.07) is 6.73. The van der Waals surface area contributed by atoms with Crippen LogP contribution >= 0.6 is 0 Å². The fourth-order valence-corrected chi connectivity index (χ4v) is 3.24. The second-order valence-corrected chi connectivity index (χ2v) is 8.28. The summed E-state index contributed by atoms with van der Waals surface area (Å²) in [7, 11) is 0. The molecule has 1 saturated heterocycles. The van der Waals surface area contributed by atoms with E-state index in [4.69, 9.17) is 9.47 Å². The summed E-state index contributed by atoms with van der Waals surface area (Å²) in [6.45, 7) is 7.84. The van der Waals surface area contributed by atoms with Crippen LogP contribution in [0.2, 0.25) is 0 Å². The molecule has 1 aliphatic rings. The second-order valence-electron chi connectivity index (χ2n) is 8.28. The number of likely N-dealkylation sites (tertiary alicyclic amines) is 1. The Balaban J connectivity index is 1.68. The number of hydrogen-bond donors (Lipinski definition) is 1. The summed E-state index contributed by atoms with van der Waals surface area (Å²) in [5.74, 6) is 0.355. The molecule has 1 aliphatic heterocycles. The van der Waals surface area contributed by atoms with Crippen molar-refractivity contribution in [2.45, 2.75) is 58.6 Å². The van der Waals surface area contributed by atoms with Crippen molar-refractivity contribution in [3.8, 4) is 11.8 Å². The molecule has 1 aromatic carbocycles. The monoisotopic (exact) mass is 412 g/mol. The highest BCUT2D eigenvalue weighted by atomic mass is 16.6. The Morgan fingerprint density at radius 3 is 2.57 bits per heavy atom. The molecule has 2 aromatic rings. The minimum Gasteiger partial charge on any atom is -0.444 e. The van der Waals surface area contributed by atoms with E-state index in [-0.39, 0.29) is 11.9 Å². The molecule has 0 radical (unpaired) electrons. The van der Waals surface area contributed by atoms with E-state index in [2.05, 4.69) is 15.3 Å². The molecular weight excluding hydrogens is 384 g/mol. The van der Waals surface area contributed by atoms with Gasteiger partial charge >= 0.3 is 12.1 Å². The zero-order valence-electron chi connectivity index (χ0n) is 17.8. The molecule has 30 heavy (non-hydrogen) atoms. The zero-order valence-corrected chi connectivity index (χ0v) is 17.8. The molecule has 8 heteroatoms. The Morgan fingerprint density at radius 2 is 1.90 bits per heavy atom. The van der Waals surface area contributed by atoms with E-state index in [0.29, 0.717) is 24.4 Å². The van der Waals surface area contributed by atoms with Gasteiger partial charge in [0.25, 0.3) is 0 Å². The zero-order chi connectivity index (χ0) is 21.7. The highest BCUT2D eigenvalue weighted by molar-refractivity contribution is 5.97. The van der Waals surface area contributed by atoms with Gasteiger partial charge in [-0.1, -0.05) is 0 Å². The molecule has 1 aromatic heterocycles. The van der Waals surface area contributed by atoms with Crippen molar-refractivity contribution in [2.75, 3.05) is 11.9 Å². The van der Waals surface area contributed by atoms with Gasteiger partial charge in [-0.15, -0.1) is 0 Å². The van der Waals surface area contributed by atoms with E-state index in [9.17, 15) is 9.59 Å². The smallest absolute Gasteiger partial charge is 0.410 e. The average Bonchev–Trinajstić information content (AvgIpc) is 2.69. The Kier molecular flexibility index (Phi) is 6.54. The minimum atomic E-state index is -0.607. The highest BCUT2D eigenvalue weighted by Crippen LogP contribution is 2.26. The fraction of sp³-hybridized carbons (Fsp3) is 0.455. The number of amides is 2. The topological polar surface area (TPSA) is 93.7 Å². The van der Waals surface area contributed by atoms with Crippen LogP contribution < -0.4 is 10.1 Å². The highest BCUT2D eigenvalue weighted by Gasteiger charge is 2.35. The molecule has 2 heterocycles. The predicted molar refractivity (Wildman–Crippen MR) is 112 cm³/mol. The molecule has 3 rings (SSSR count). The molecule has 0 spiro atoms. The van der Waals surface area contributed by atoms with E-state index < -0.39 is 17.7 Å². The summed E-state index contributed by atoms with van der Waals surface area (Å²) in [6.07, 6.45) is 5.10. The maximum Gasteiger partial charge on any atom is 0.410 e. The van der Waals surface area contributed by atoms with Crippen molar-refractivity contribution >= 4 is 17.7 Å². The van der Waals surface area contributed by atoms with Crippen LogP contribution in [0.1, 0.15) is 45.6 Å². The maximum absolute atomic E-state index is 13.0. The largest absolute Gasteiger partial charge is 0.444 e. The first kappa shape index (κ1) is 21.5. The third-order valence-electron chi connectivity index (χ3n) is 4.64.